The molecule has 3 fully saturated rings. The van der Waals surface area contributed by atoms with Crippen molar-refractivity contribution in [3.8, 4) is 0 Å². The first-order chi connectivity index (χ1) is 10.2. The Bertz CT molecular complexity index is 415. The lowest BCUT2D eigenvalue weighted by molar-refractivity contribution is -0.144. The van der Waals surface area contributed by atoms with Crippen molar-refractivity contribution >= 4 is 23.6 Å². The fraction of sp³-hybridized carbons (Fsp3) is 0.875. The van der Waals surface area contributed by atoms with Gasteiger partial charge in [0.2, 0.25) is 11.8 Å². The van der Waals surface area contributed by atoms with Crippen LogP contribution in [-0.4, -0.2) is 58.3 Å². The van der Waals surface area contributed by atoms with E-state index in [4.69, 9.17) is 0 Å². The summed E-state index contributed by atoms with van der Waals surface area (Å²) < 4.78 is 0. The molecule has 3 rings (SSSR count). The zero-order chi connectivity index (χ0) is 14.8. The van der Waals surface area contributed by atoms with E-state index in [0.717, 1.165) is 32.2 Å². The van der Waals surface area contributed by atoms with E-state index in [9.17, 15) is 9.59 Å². The Labute approximate surface area is 131 Å². The Balaban J connectivity index is 1.81. The van der Waals surface area contributed by atoms with Crippen LogP contribution < -0.4 is 0 Å². The summed E-state index contributed by atoms with van der Waals surface area (Å²) in [6.07, 6.45) is 10.5. The smallest absolute Gasteiger partial charge is 0.245 e. The highest BCUT2D eigenvalue weighted by atomic mass is 32.2. The highest BCUT2D eigenvalue weighted by molar-refractivity contribution is 7.99. The standard InChI is InChI=1S/C16H26N2O2S/c1-21-14-8-3-2-6-12(14)18-11-9-15(19)17-10-5-4-7-13(17)16(18)20/h12-14H,2-11H2,1H3. The van der Waals surface area contributed by atoms with E-state index in [0.29, 0.717) is 24.3 Å². The lowest BCUT2D eigenvalue weighted by atomic mass is 9.92. The monoisotopic (exact) mass is 310 g/mol. The van der Waals surface area contributed by atoms with Crippen LogP contribution in [0.15, 0.2) is 0 Å². The van der Waals surface area contributed by atoms with Gasteiger partial charge in [0.15, 0.2) is 0 Å². The maximum atomic E-state index is 13.0. The zero-order valence-electron chi connectivity index (χ0n) is 12.9. The quantitative estimate of drug-likeness (QED) is 0.785. The van der Waals surface area contributed by atoms with E-state index in [1.165, 1.54) is 19.3 Å². The molecule has 0 radical (unpaired) electrons. The van der Waals surface area contributed by atoms with Crippen LogP contribution in [0.1, 0.15) is 51.4 Å². The van der Waals surface area contributed by atoms with Crippen molar-refractivity contribution < 1.29 is 9.59 Å². The van der Waals surface area contributed by atoms with Gasteiger partial charge in [-0.1, -0.05) is 12.8 Å². The van der Waals surface area contributed by atoms with E-state index in [1.54, 1.807) is 0 Å². The molecule has 2 saturated heterocycles. The molecule has 0 aromatic rings. The number of hydrogen-bond acceptors (Lipinski definition) is 3. The first kappa shape index (κ1) is 15.2. The fourth-order valence-electron chi connectivity index (χ4n) is 4.19. The van der Waals surface area contributed by atoms with Gasteiger partial charge in [-0.2, -0.15) is 11.8 Å². The molecule has 2 aliphatic heterocycles. The van der Waals surface area contributed by atoms with Crippen molar-refractivity contribution in [2.45, 2.75) is 68.7 Å². The maximum absolute atomic E-state index is 13.0. The molecule has 118 valence electrons. The maximum Gasteiger partial charge on any atom is 0.245 e. The number of piperidine rings is 1. The third-order valence-corrected chi connectivity index (χ3v) is 6.48. The van der Waals surface area contributed by atoms with Gasteiger partial charge in [0.1, 0.15) is 6.04 Å². The summed E-state index contributed by atoms with van der Waals surface area (Å²) in [5.41, 5.74) is 0. The highest BCUT2D eigenvalue weighted by Gasteiger charge is 2.41. The highest BCUT2D eigenvalue weighted by Crippen LogP contribution is 2.33. The summed E-state index contributed by atoms with van der Waals surface area (Å²) in [6, 6.07) is 0.175. The molecule has 3 atom stereocenters. The lowest BCUT2D eigenvalue weighted by Gasteiger charge is -2.41. The Morgan fingerprint density at radius 1 is 0.952 bits per heavy atom. The van der Waals surface area contributed by atoms with Gasteiger partial charge in [-0.15, -0.1) is 0 Å². The van der Waals surface area contributed by atoms with Gasteiger partial charge in [0.25, 0.3) is 0 Å². The van der Waals surface area contributed by atoms with E-state index in [1.807, 2.05) is 16.7 Å². The minimum absolute atomic E-state index is 0.168. The molecular formula is C16H26N2O2S. The normalized spacial score (nSPS) is 34.6. The number of hydrogen-bond donors (Lipinski definition) is 0. The molecular weight excluding hydrogens is 284 g/mol. The van der Waals surface area contributed by atoms with Gasteiger partial charge in [0.05, 0.1) is 0 Å². The predicted octanol–water partition coefficient (Wildman–Crippen LogP) is 2.27. The average molecular weight is 310 g/mol. The molecule has 3 unspecified atom stereocenters. The molecule has 0 aromatic heterocycles. The number of rotatable bonds is 2. The van der Waals surface area contributed by atoms with Crippen LogP contribution in [0.3, 0.4) is 0 Å². The molecule has 1 aliphatic carbocycles. The summed E-state index contributed by atoms with van der Waals surface area (Å²) >= 11 is 1.89. The van der Waals surface area contributed by atoms with Crippen molar-refractivity contribution in [2.24, 2.45) is 0 Å². The Hall–Kier alpha value is -0.710. The molecule has 3 aliphatic rings. The average Bonchev–Trinajstić information content (AvgIpc) is 2.66. The van der Waals surface area contributed by atoms with E-state index in [2.05, 4.69) is 11.2 Å². The molecule has 2 heterocycles. The molecule has 0 spiro atoms. The molecule has 4 nitrogen and oxygen atoms in total. The first-order valence-corrected chi connectivity index (χ1v) is 9.64. The number of carbonyl (C=O) groups is 2. The summed E-state index contributed by atoms with van der Waals surface area (Å²) in [6.45, 7) is 1.41. The van der Waals surface area contributed by atoms with Gasteiger partial charge in [0, 0.05) is 30.8 Å². The number of carbonyl (C=O) groups excluding carboxylic acids is 2. The van der Waals surface area contributed by atoms with E-state index in [-0.39, 0.29) is 17.9 Å². The number of thioether (sulfide) groups is 1. The van der Waals surface area contributed by atoms with Crippen molar-refractivity contribution in [3.63, 3.8) is 0 Å². The molecule has 5 heteroatoms. The SMILES string of the molecule is CSC1CCCCC1N1CCC(=O)N2CCCCC2C1=O. The van der Waals surface area contributed by atoms with Crippen molar-refractivity contribution in [1.82, 2.24) is 9.80 Å². The van der Waals surface area contributed by atoms with Crippen molar-refractivity contribution in [2.75, 3.05) is 19.3 Å². The van der Waals surface area contributed by atoms with Gasteiger partial charge < -0.3 is 9.80 Å². The van der Waals surface area contributed by atoms with Crippen molar-refractivity contribution in [1.29, 1.82) is 0 Å². The van der Waals surface area contributed by atoms with Gasteiger partial charge in [-0.05, 0) is 38.4 Å². The van der Waals surface area contributed by atoms with Gasteiger partial charge >= 0.3 is 0 Å². The number of fused-ring (bicyclic) bond motifs is 1. The third kappa shape index (κ3) is 2.94. The largest absolute Gasteiger partial charge is 0.336 e. The van der Waals surface area contributed by atoms with E-state index < -0.39 is 0 Å². The van der Waals surface area contributed by atoms with Crippen LogP contribution >= 0.6 is 11.8 Å². The topological polar surface area (TPSA) is 40.6 Å². The van der Waals surface area contributed by atoms with Crippen LogP contribution in [0.2, 0.25) is 0 Å². The van der Waals surface area contributed by atoms with Crippen molar-refractivity contribution in [3.05, 3.63) is 0 Å². The molecule has 0 bridgehead atoms. The minimum atomic E-state index is -0.168. The third-order valence-electron chi connectivity index (χ3n) is 5.33. The summed E-state index contributed by atoms with van der Waals surface area (Å²) in [7, 11) is 0. The fourth-order valence-corrected chi connectivity index (χ4v) is 5.19. The molecule has 21 heavy (non-hydrogen) atoms. The van der Waals surface area contributed by atoms with Crippen LogP contribution in [0.5, 0.6) is 0 Å². The molecule has 1 saturated carbocycles. The molecule has 2 amide bonds. The first-order valence-electron chi connectivity index (χ1n) is 8.35. The summed E-state index contributed by atoms with van der Waals surface area (Å²) in [5.74, 6) is 0.415. The summed E-state index contributed by atoms with van der Waals surface area (Å²) in [4.78, 5) is 29.3. The Kier molecular flexibility index (Phi) is 4.77. The lowest BCUT2D eigenvalue weighted by Crippen LogP contribution is -2.54. The van der Waals surface area contributed by atoms with Gasteiger partial charge in [-0.3, -0.25) is 9.59 Å². The second-order valence-electron chi connectivity index (χ2n) is 6.51. The predicted molar refractivity (Wildman–Crippen MR) is 85.2 cm³/mol. The number of nitrogens with zero attached hydrogens (tertiary/aromatic N) is 2. The molecule has 0 N–H and O–H groups in total. The zero-order valence-corrected chi connectivity index (χ0v) is 13.7. The van der Waals surface area contributed by atoms with Gasteiger partial charge in [-0.25, -0.2) is 0 Å². The molecule has 0 aromatic carbocycles. The van der Waals surface area contributed by atoms with Crippen LogP contribution in [0, 0.1) is 0 Å². The number of amides is 2. The van der Waals surface area contributed by atoms with Crippen LogP contribution in [0.4, 0.5) is 0 Å². The van der Waals surface area contributed by atoms with E-state index >= 15 is 0 Å². The Morgan fingerprint density at radius 2 is 1.71 bits per heavy atom. The van der Waals surface area contributed by atoms with Crippen LogP contribution in [-0.2, 0) is 9.59 Å². The second kappa shape index (κ2) is 6.59. The second-order valence-corrected chi connectivity index (χ2v) is 7.58. The minimum Gasteiger partial charge on any atom is -0.336 e. The van der Waals surface area contributed by atoms with Crippen LogP contribution in [0.25, 0.3) is 0 Å². The summed E-state index contributed by atoms with van der Waals surface area (Å²) in [5, 5.41) is 0.549. The Morgan fingerprint density at radius 3 is 2.52 bits per heavy atom.